The van der Waals surface area contributed by atoms with Crippen molar-refractivity contribution in [1.29, 1.82) is 0 Å². The number of piperidine rings is 1. The van der Waals surface area contributed by atoms with E-state index in [9.17, 15) is 4.79 Å². The van der Waals surface area contributed by atoms with Gasteiger partial charge in [-0.15, -0.1) is 0 Å². The molecule has 122 valence electrons. The third kappa shape index (κ3) is 2.52. The molecule has 0 N–H and O–H groups in total. The Bertz CT molecular complexity index is 728. The Morgan fingerprint density at radius 1 is 1.22 bits per heavy atom. The van der Waals surface area contributed by atoms with Gasteiger partial charge >= 0.3 is 5.97 Å². The van der Waals surface area contributed by atoms with Gasteiger partial charge in [-0.1, -0.05) is 18.2 Å². The number of aromatic nitrogens is 2. The molecule has 2 aromatic rings. The van der Waals surface area contributed by atoms with Crippen LogP contribution in [0.1, 0.15) is 23.3 Å². The molecule has 0 amide bonds. The quantitative estimate of drug-likeness (QED) is 0.788. The number of carbonyl (C=O) groups is 1. The van der Waals surface area contributed by atoms with Crippen LogP contribution in [0.3, 0.4) is 0 Å². The number of rotatable bonds is 2. The summed E-state index contributed by atoms with van der Waals surface area (Å²) in [5.74, 6) is -0.324. The second kappa shape index (κ2) is 5.62. The average molecular weight is 315 g/mol. The summed E-state index contributed by atoms with van der Waals surface area (Å²) < 4.78 is 13.1. The smallest absolute Gasteiger partial charge is 0.359 e. The zero-order chi connectivity index (χ0) is 16.0. The summed E-state index contributed by atoms with van der Waals surface area (Å²) in [6.07, 6.45) is 1.59. The van der Waals surface area contributed by atoms with Crippen molar-refractivity contribution in [3.05, 3.63) is 30.0 Å². The second-order valence-corrected chi connectivity index (χ2v) is 6.50. The minimum atomic E-state index is -0.324. The molecule has 2 saturated heterocycles. The third-order valence-corrected chi connectivity index (χ3v) is 5.07. The Balaban J connectivity index is 1.54. The molecule has 2 bridgehead atoms. The molecule has 0 radical (unpaired) electrons. The molecule has 3 heterocycles. The number of hydrogen-bond acceptors (Lipinski definition) is 5. The molecule has 4 rings (SSSR count). The van der Waals surface area contributed by atoms with Crippen LogP contribution in [0.5, 0.6) is 0 Å². The SMILES string of the molecule is CN1[C@@H]2COC[C@H]1CC(OC(=O)c1nn(C)c3ccccc13)C2. The summed E-state index contributed by atoms with van der Waals surface area (Å²) in [4.78, 5) is 14.9. The van der Waals surface area contributed by atoms with Crippen LogP contribution in [0, 0.1) is 0 Å². The standard InChI is InChI=1S/C17H21N3O3/c1-19-11-7-13(8-12(19)10-22-9-11)23-17(21)16-14-5-3-4-6-15(14)20(2)18-16/h3-6,11-13H,7-10H2,1-2H3/t11-,12+,13?. The minimum Gasteiger partial charge on any atom is -0.457 e. The summed E-state index contributed by atoms with van der Waals surface area (Å²) in [5, 5.41) is 5.19. The van der Waals surface area contributed by atoms with Crippen LogP contribution in [-0.2, 0) is 16.5 Å². The highest BCUT2D eigenvalue weighted by Crippen LogP contribution is 2.29. The molecule has 0 aliphatic carbocycles. The maximum absolute atomic E-state index is 12.6. The van der Waals surface area contributed by atoms with Crippen molar-refractivity contribution >= 4 is 16.9 Å². The monoisotopic (exact) mass is 315 g/mol. The normalized spacial score (nSPS) is 28.0. The first-order valence-corrected chi connectivity index (χ1v) is 8.06. The fourth-order valence-electron chi connectivity index (χ4n) is 3.71. The lowest BCUT2D eigenvalue weighted by atomic mass is 9.92. The number of nitrogens with zero attached hydrogens (tertiary/aromatic N) is 3. The predicted octanol–water partition coefficient (Wildman–Crippen LogP) is 1.59. The summed E-state index contributed by atoms with van der Waals surface area (Å²) in [6.45, 7) is 1.43. The van der Waals surface area contributed by atoms with E-state index < -0.39 is 0 Å². The Kier molecular flexibility index (Phi) is 3.58. The van der Waals surface area contributed by atoms with E-state index in [1.54, 1.807) is 4.68 Å². The van der Waals surface area contributed by atoms with Gasteiger partial charge in [0.25, 0.3) is 0 Å². The molecule has 3 atom stereocenters. The van der Waals surface area contributed by atoms with Crippen LogP contribution in [0.25, 0.3) is 10.9 Å². The highest BCUT2D eigenvalue weighted by molar-refractivity contribution is 6.02. The minimum absolute atomic E-state index is 0.0571. The molecule has 1 aromatic carbocycles. The summed E-state index contributed by atoms with van der Waals surface area (Å²) >= 11 is 0. The van der Waals surface area contributed by atoms with E-state index in [1.165, 1.54) is 0 Å². The number of aryl methyl sites for hydroxylation is 1. The molecule has 6 nitrogen and oxygen atoms in total. The van der Waals surface area contributed by atoms with Gasteiger partial charge in [0.2, 0.25) is 0 Å². The van der Waals surface area contributed by atoms with Crippen LogP contribution in [0.15, 0.2) is 24.3 Å². The van der Waals surface area contributed by atoms with Crippen LogP contribution < -0.4 is 0 Å². The van der Waals surface area contributed by atoms with Gasteiger partial charge in [-0.3, -0.25) is 9.58 Å². The van der Waals surface area contributed by atoms with Crippen LogP contribution in [0.4, 0.5) is 0 Å². The summed E-state index contributed by atoms with van der Waals surface area (Å²) in [5.41, 5.74) is 1.34. The van der Waals surface area contributed by atoms with Gasteiger partial charge in [0.15, 0.2) is 5.69 Å². The van der Waals surface area contributed by atoms with Crippen LogP contribution in [0.2, 0.25) is 0 Å². The lowest BCUT2D eigenvalue weighted by Gasteiger charge is -2.46. The van der Waals surface area contributed by atoms with Crippen molar-refractivity contribution in [2.75, 3.05) is 20.3 Å². The number of fused-ring (bicyclic) bond motifs is 3. The topological polar surface area (TPSA) is 56.6 Å². The number of likely N-dealkylation sites (N-methyl/N-ethyl adjacent to an activating group) is 1. The van der Waals surface area contributed by atoms with Crippen LogP contribution in [-0.4, -0.2) is 59.1 Å². The lowest BCUT2D eigenvalue weighted by molar-refractivity contribution is -0.0971. The van der Waals surface area contributed by atoms with E-state index in [0.717, 1.165) is 23.7 Å². The molecule has 0 saturated carbocycles. The number of ether oxygens (including phenoxy) is 2. The molecule has 1 unspecified atom stereocenters. The Morgan fingerprint density at radius 2 is 1.91 bits per heavy atom. The maximum Gasteiger partial charge on any atom is 0.359 e. The zero-order valence-electron chi connectivity index (χ0n) is 13.4. The average Bonchev–Trinajstić information content (AvgIpc) is 2.86. The fourth-order valence-corrected chi connectivity index (χ4v) is 3.71. The molecule has 2 aliphatic heterocycles. The molecule has 23 heavy (non-hydrogen) atoms. The number of carbonyl (C=O) groups excluding carboxylic acids is 1. The van der Waals surface area contributed by atoms with E-state index in [-0.39, 0.29) is 12.1 Å². The van der Waals surface area contributed by atoms with E-state index >= 15 is 0 Å². The second-order valence-electron chi connectivity index (χ2n) is 6.50. The third-order valence-electron chi connectivity index (χ3n) is 5.07. The molecular formula is C17H21N3O3. The lowest BCUT2D eigenvalue weighted by Crippen LogP contribution is -2.56. The molecule has 1 aromatic heterocycles. The number of hydrogen-bond donors (Lipinski definition) is 0. The number of para-hydroxylation sites is 1. The van der Waals surface area contributed by atoms with Crippen LogP contribution >= 0.6 is 0 Å². The summed E-state index contributed by atoms with van der Waals surface area (Å²) in [7, 11) is 3.97. The van der Waals surface area contributed by atoms with Gasteiger partial charge < -0.3 is 9.47 Å². The highest BCUT2D eigenvalue weighted by Gasteiger charge is 2.38. The number of morpholine rings is 1. The van der Waals surface area contributed by atoms with Gasteiger partial charge in [-0.25, -0.2) is 4.79 Å². The Hall–Kier alpha value is -1.92. The summed E-state index contributed by atoms with van der Waals surface area (Å²) in [6, 6.07) is 8.39. The van der Waals surface area contributed by atoms with Crippen molar-refractivity contribution in [3.8, 4) is 0 Å². The highest BCUT2D eigenvalue weighted by atomic mass is 16.5. The van der Waals surface area contributed by atoms with E-state index in [1.807, 2.05) is 31.3 Å². The van der Waals surface area contributed by atoms with E-state index in [2.05, 4.69) is 17.0 Å². The zero-order valence-corrected chi connectivity index (χ0v) is 13.4. The Labute approximate surface area is 135 Å². The first-order valence-electron chi connectivity index (χ1n) is 8.06. The van der Waals surface area contributed by atoms with Gasteiger partial charge in [0.1, 0.15) is 6.10 Å². The van der Waals surface area contributed by atoms with Crippen molar-refractivity contribution < 1.29 is 14.3 Å². The first-order chi connectivity index (χ1) is 11.1. The van der Waals surface area contributed by atoms with Crippen molar-refractivity contribution in [3.63, 3.8) is 0 Å². The van der Waals surface area contributed by atoms with E-state index in [0.29, 0.717) is 31.0 Å². The first kappa shape index (κ1) is 14.7. The number of esters is 1. The maximum atomic E-state index is 12.6. The molecule has 2 fully saturated rings. The van der Waals surface area contributed by atoms with Crippen molar-refractivity contribution in [1.82, 2.24) is 14.7 Å². The molecule has 2 aliphatic rings. The van der Waals surface area contributed by atoms with Gasteiger partial charge in [-0.05, 0) is 13.1 Å². The number of benzene rings is 1. The molecule has 6 heteroatoms. The van der Waals surface area contributed by atoms with E-state index in [4.69, 9.17) is 9.47 Å². The van der Waals surface area contributed by atoms with Gasteiger partial charge in [0.05, 0.1) is 18.7 Å². The molecule has 0 spiro atoms. The largest absolute Gasteiger partial charge is 0.457 e. The van der Waals surface area contributed by atoms with Crippen molar-refractivity contribution in [2.45, 2.75) is 31.0 Å². The fraction of sp³-hybridized carbons (Fsp3) is 0.529. The van der Waals surface area contributed by atoms with Crippen molar-refractivity contribution in [2.24, 2.45) is 7.05 Å². The molecular weight excluding hydrogens is 294 g/mol. The van der Waals surface area contributed by atoms with Gasteiger partial charge in [0, 0.05) is 37.4 Å². The predicted molar refractivity (Wildman–Crippen MR) is 85.3 cm³/mol. The Morgan fingerprint density at radius 3 is 2.65 bits per heavy atom. The van der Waals surface area contributed by atoms with Gasteiger partial charge in [-0.2, -0.15) is 5.10 Å².